The zero-order valence-electron chi connectivity index (χ0n) is 11.8. The first-order valence-electron chi connectivity index (χ1n) is 6.77. The number of hydrogen-bond acceptors (Lipinski definition) is 4. The van der Waals surface area contributed by atoms with E-state index in [1.807, 2.05) is 0 Å². The SMILES string of the molecule is CCN(CC)CCC1(C(N)=O)CN(C(N)=O)CCN1. The van der Waals surface area contributed by atoms with Gasteiger partial charge in [0.05, 0.1) is 0 Å². The molecule has 0 aromatic heterocycles. The molecule has 7 heteroatoms. The van der Waals surface area contributed by atoms with Crippen LogP contribution in [0, 0.1) is 0 Å². The molecule has 19 heavy (non-hydrogen) atoms. The van der Waals surface area contributed by atoms with Crippen LogP contribution in [0.4, 0.5) is 4.79 Å². The van der Waals surface area contributed by atoms with Gasteiger partial charge in [0.25, 0.3) is 0 Å². The number of nitrogens with one attached hydrogen (secondary N) is 1. The molecule has 0 aromatic rings. The summed E-state index contributed by atoms with van der Waals surface area (Å²) in [7, 11) is 0. The third-order valence-corrected chi connectivity index (χ3v) is 3.84. The number of nitrogens with two attached hydrogens (primary N) is 2. The van der Waals surface area contributed by atoms with Crippen molar-refractivity contribution in [2.24, 2.45) is 11.5 Å². The molecular weight excluding hydrogens is 246 g/mol. The fourth-order valence-corrected chi connectivity index (χ4v) is 2.42. The van der Waals surface area contributed by atoms with Crippen molar-refractivity contribution in [3.05, 3.63) is 0 Å². The van der Waals surface area contributed by atoms with Crippen molar-refractivity contribution >= 4 is 11.9 Å². The molecule has 1 unspecified atom stereocenters. The third-order valence-electron chi connectivity index (χ3n) is 3.84. The lowest BCUT2D eigenvalue weighted by Gasteiger charge is -2.41. The van der Waals surface area contributed by atoms with Crippen LogP contribution in [0.3, 0.4) is 0 Å². The highest BCUT2D eigenvalue weighted by Crippen LogP contribution is 2.17. The quantitative estimate of drug-likeness (QED) is 0.572. The molecular formula is C12H25N5O2. The van der Waals surface area contributed by atoms with Gasteiger partial charge >= 0.3 is 6.03 Å². The van der Waals surface area contributed by atoms with Gasteiger partial charge < -0.3 is 26.6 Å². The van der Waals surface area contributed by atoms with Crippen molar-refractivity contribution in [3.8, 4) is 0 Å². The van der Waals surface area contributed by atoms with Gasteiger partial charge in [-0.2, -0.15) is 0 Å². The van der Waals surface area contributed by atoms with Crippen LogP contribution in [0.25, 0.3) is 0 Å². The van der Waals surface area contributed by atoms with Crippen LogP contribution < -0.4 is 16.8 Å². The lowest BCUT2D eigenvalue weighted by Crippen LogP contribution is -2.68. The second kappa shape index (κ2) is 6.72. The fourth-order valence-electron chi connectivity index (χ4n) is 2.42. The Morgan fingerprint density at radius 2 is 1.95 bits per heavy atom. The monoisotopic (exact) mass is 271 g/mol. The van der Waals surface area contributed by atoms with Crippen molar-refractivity contribution in [1.82, 2.24) is 15.1 Å². The van der Waals surface area contributed by atoms with E-state index in [0.29, 0.717) is 19.5 Å². The van der Waals surface area contributed by atoms with Crippen LogP contribution in [0.2, 0.25) is 0 Å². The minimum absolute atomic E-state index is 0.249. The van der Waals surface area contributed by atoms with Gasteiger partial charge in [0.15, 0.2) is 0 Å². The lowest BCUT2D eigenvalue weighted by molar-refractivity contribution is -0.126. The van der Waals surface area contributed by atoms with Crippen LogP contribution in [-0.4, -0.2) is 66.5 Å². The summed E-state index contributed by atoms with van der Waals surface area (Å²) in [4.78, 5) is 26.8. The van der Waals surface area contributed by atoms with Gasteiger partial charge in [0, 0.05) is 26.2 Å². The van der Waals surface area contributed by atoms with Gasteiger partial charge in [-0.1, -0.05) is 13.8 Å². The molecule has 1 aliphatic heterocycles. The summed E-state index contributed by atoms with van der Waals surface area (Å²) in [6, 6.07) is -0.505. The molecule has 3 amide bonds. The van der Waals surface area contributed by atoms with Gasteiger partial charge in [0.1, 0.15) is 5.54 Å². The Kier molecular flexibility index (Phi) is 5.56. The standard InChI is InChI=1S/C12H25N5O2/c1-3-16(4-2)7-5-12(10(13)18)9-17(11(14)19)8-6-15-12/h15H,3-9H2,1-2H3,(H2,13,18)(H2,14,19). The number of nitrogens with zero attached hydrogens (tertiary/aromatic N) is 2. The van der Waals surface area contributed by atoms with Crippen LogP contribution >= 0.6 is 0 Å². The van der Waals surface area contributed by atoms with Gasteiger partial charge in [-0.25, -0.2) is 4.79 Å². The number of hydrogen-bond donors (Lipinski definition) is 3. The van der Waals surface area contributed by atoms with Crippen LogP contribution in [0.5, 0.6) is 0 Å². The predicted molar refractivity (Wildman–Crippen MR) is 73.5 cm³/mol. The first-order chi connectivity index (χ1) is 8.95. The number of urea groups is 1. The van der Waals surface area contributed by atoms with Crippen molar-refractivity contribution in [1.29, 1.82) is 0 Å². The van der Waals surface area contributed by atoms with Gasteiger partial charge in [-0.05, 0) is 19.5 Å². The highest BCUT2D eigenvalue weighted by molar-refractivity contribution is 5.86. The first kappa shape index (κ1) is 15.7. The van der Waals surface area contributed by atoms with E-state index in [1.165, 1.54) is 4.90 Å². The molecule has 5 N–H and O–H groups in total. The summed E-state index contributed by atoms with van der Waals surface area (Å²) in [5.41, 5.74) is 9.96. The van der Waals surface area contributed by atoms with Gasteiger partial charge in [-0.3, -0.25) is 4.79 Å². The van der Waals surface area contributed by atoms with E-state index in [0.717, 1.165) is 19.6 Å². The maximum Gasteiger partial charge on any atom is 0.314 e. The molecule has 1 aliphatic rings. The molecule has 0 aromatic carbocycles. The van der Waals surface area contributed by atoms with Gasteiger partial charge in [-0.15, -0.1) is 0 Å². The molecule has 0 radical (unpaired) electrons. The Bertz CT molecular complexity index is 332. The maximum atomic E-state index is 11.8. The summed E-state index contributed by atoms with van der Waals surface area (Å²) in [6.07, 6.45) is 0.577. The lowest BCUT2D eigenvalue weighted by atomic mass is 9.91. The third kappa shape index (κ3) is 3.81. The van der Waals surface area contributed by atoms with E-state index in [9.17, 15) is 9.59 Å². The smallest absolute Gasteiger partial charge is 0.314 e. The second-order valence-corrected chi connectivity index (χ2v) is 4.91. The van der Waals surface area contributed by atoms with Crippen molar-refractivity contribution in [2.75, 3.05) is 39.3 Å². The Hall–Kier alpha value is -1.34. The number of carbonyl (C=O) groups excluding carboxylic acids is 2. The number of primary amides is 2. The van der Waals surface area contributed by atoms with Crippen molar-refractivity contribution in [2.45, 2.75) is 25.8 Å². The maximum absolute atomic E-state index is 11.8. The van der Waals surface area contributed by atoms with E-state index in [-0.39, 0.29) is 6.54 Å². The first-order valence-corrected chi connectivity index (χ1v) is 6.77. The molecule has 1 rings (SSSR count). The number of rotatable bonds is 6. The number of piperazine rings is 1. The molecule has 0 spiro atoms. The van der Waals surface area contributed by atoms with Crippen molar-refractivity contribution in [3.63, 3.8) is 0 Å². The summed E-state index contributed by atoms with van der Waals surface area (Å²) in [5, 5.41) is 3.17. The highest BCUT2D eigenvalue weighted by Gasteiger charge is 2.41. The summed E-state index contributed by atoms with van der Waals surface area (Å²) in [6.45, 7) is 8.04. The summed E-state index contributed by atoms with van der Waals surface area (Å²) < 4.78 is 0. The van der Waals surface area contributed by atoms with E-state index in [1.54, 1.807) is 0 Å². The Morgan fingerprint density at radius 3 is 2.42 bits per heavy atom. The van der Waals surface area contributed by atoms with E-state index < -0.39 is 17.5 Å². The normalized spacial score (nSPS) is 23.6. The fraction of sp³-hybridized carbons (Fsp3) is 0.833. The average Bonchev–Trinajstić information content (AvgIpc) is 2.40. The topological polar surface area (TPSA) is 105 Å². The van der Waals surface area contributed by atoms with Gasteiger partial charge in [0.2, 0.25) is 5.91 Å². The number of amides is 3. The Labute approximate surface area is 114 Å². The molecule has 7 nitrogen and oxygen atoms in total. The zero-order valence-corrected chi connectivity index (χ0v) is 11.8. The molecule has 1 saturated heterocycles. The Morgan fingerprint density at radius 1 is 1.32 bits per heavy atom. The number of carbonyl (C=O) groups is 2. The molecule has 0 bridgehead atoms. The highest BCUT2D eigenvalue weighted by atomic mass is 16.2. The largest absolute Gasteiger partial charge is 0.368 e. The van der Waals surface area contributed by atoms with E-state index >= 15 is 0 Å². The van der Waals surface area contributed by atoms with E-state index in [2.05, 4.69) is 24.1 Å². The molecule has 0 aliphatic carbocycles. The second-order valence-electron chi connectivity index (χ2n) is 4.91. The summed E-state index contributed by atoms with van der Waals surface area (Å²) in [5.74, 6) is -0.425. The minimum Gasteiger partial charge on any atom is -0.368 e. The molecule has 110 valence electrons. The average molecular weight is 271 g/mol. The molecule has 1 fully saturated rings. The predicted octanol–water partition coefficient (Wildman–Crippen LogP) is -1.07. The van der Waals surface area contributed by atoms with Crippen molar-refractivity contribution < 1.29 is 9.59 Å². The molecule has 0 saturated carbocycles. The molecule has 1 atom stereocenters. The molecule has 1 heterocycles. The van der Waals surface area contributed by atoms with E-state index in [4.69, 9.17) is 11.5 Å². The zero-order chi connectivity index (χ0) is 14.5. The van der Waals surface area contributed by atoms with Crippen LogP contribution in [0.15, 0.2) is 0 Å². The van der Waals surface area contributed by atoms with Crippen LogP contribution in [-0.2, 0) is 4.79 Å². The Balaban J connectivity index is 2.74. The minimum atomic E-state index is -0.865. The summed E-state index contributed by atoms with van der Waals surface area (Å²) >= 11 is 0. The van der Waals surface area contributed by atoms with Crippen LogP contribution in [0.1, 0.15) is 20.3 Å².